The standard InChI is InChI=1S/C27H32ClFN5O7P.C26H31ClFN6O7P.C21H22ClFN5O6P.C6H12O2.C2H2.CH3F/c1-13(2)14(3)26(36)40-22-10-20(34-12-31-23-24(34)32-27(30)33-25(23)35)15(4)18(22)11-39-42(37)38-8-7-21(41-42)17-9-16(28)5-6-19(17)29;1-12(2)21(29)25(36)40-20-9-18(34-11-31-22-23(34)32-26(30)33-24(22)35)13(3)16(20)10-39-42(37)38-7-6-19(41-42)15-8-14(27)4-5-17(15)28;1-10-13(16(29)7-15(10)28-9-25-18-19(28)26-21(24)27-20(18)30)8-33-35(31)32-5-4-17(34-35)12-6-11(22)2-3-14(12)23;1-4(2)5(3)6(7)8;2*1-2/h5-6,9,12-14,18,20-22H,4,7-8,10-11H2,1-3H3,(H3,30,32,33,35);4-5,8,11-12,16,18-21H,3,6-7,9-10,29H2,1-2H3,(H3,30,32,33,35);2-3,6,9,13,15-17,29H,1,4-5,7-8H2,(H3,24,26,27,30);4-5H,1-3H3,(H,7,8);1-2H;1H3/t14-,18-,20?,21+,22-,42-;16-,18?,19+,20-,21-,42-;13-,15?,16-,17+,35-;5-;;/m0000../s1/i;;;;1D,2D;. The SMILES string of the molecule is C=C1C(n2cnc3c(=O)[nH]c(N)nc32)C[C@H](O)[C@H]1CO[P@]1(=O)OCC[C@H](c2cc(Cl)ccc2F)O1.C=C1C(n2cnc3c(=O)[nH]c(N)nc32)C[C@H](OC(=O)[C@@H](C)C(C)C)[C@H]1CO[P@]1(=O)OCC[C@H](c2cc(Cl)ccc2F)O1.C=C1C(n2cnc3c(=O)[nH]c(N)nc32)C[C@H](OC(=O)[C@@H](N)C(C)C)[C@H]1CO[P@]1(=O)OCC[C@H](c2cc(Cl)ccc2F)O1.CC(C)[C@H](C)C(=O)O.CF.[2H]C#C[2H]. The number of aliphatic hydroxyl groups is 1. The average molecular weight is 1950 g/mol. The van der Waals surface area contributed by atoms with Crippen molar-refractivity contribution >= 4 is 128 Å². The molecule has 9 aromatic rings. The van der Waals surface area contributed by atoms with Crippen LogP contribution in [0.4, 0.5) is 35.4 Å². The maximum atomic E-state index is 14.5. The summed E-state index contributed by atoms with van der Waals surface area (Å²) in [6.07, 6.45) is 3.75. The lowest BCUT2D eigenvalue weighted by Crippen LogP contribution is -2.40. The summed E-state index contributed by atoms with van der Waals surface area (Å²) in [6, 6.07) is 9.63. The molecule has 15 rings (SSSR count). The molecule has 0 amide bonds. The quantitative estimate of drug-likeness (QED) is 0.00944. The normalized spacial score (nSPS) is 26.2. The number of terminal acetylenes is 1. The van der Waals surface area contributed by atoms with Crippen molar-refractivity contribution in [2.75, 3.05) is 64.0 Å². The van der Waals surface area contributed by atoms with Gasteiger partial charge >= 0.3 is 41.4 Å². The number of aliphatic carboxylic acids is 1. The first-order valence-corrected chi connectivity index (χ1v) is 46.5. The van der Waals surface area contributed by atoms with E-state index in [0.717, 1.165) is 0 Å². The fraction of sp³-hybridized carbons (Fsp3) is 0.470. The Morgan fingerprint density at radius 3 is 1.15 bits per heavy atom. The zero-order valence-electron chi connectivity index (χ0n) is 74.3. The molecule has 6 aliphatic rings. The Labute approximate surface area is 765 Å². The minimum absolute atomic E-state index is 0.00484. The van der Waals surface area contributed by atoms with Crippen LogP contribution in [0.3, 0.4) is 0 Å². The van der Waals surface area contributed by atoms with Crippen molar-refractivity contribution in [1.82, 2.24) is 58.6 Å². The molecule has 3 aliphatic heterocycles. The van der Waals surface area contributed by atoms with Crippen molar-refractivity contribution in [2.24, 2.45) is 53.1 Å². The Balaban J connectivity index is 0.000000193. The number of aromatic nitrogens is 12. The molecular formula is C83H102Cl3F4N16O22P3. The Morgan fingerprint density at radius 1 is 0.534 bits per heavy atom. The predicted molar refractivity (Wildman–Crippen MR) is 476 cm³/mol. The second kappa shape index (κ2) is 44.3. The highest BCUT2D eigenvalue weighted by molar-refractivity contribution is 7.49. The number of phosphoric acid groups is 3. The van der Waals surface area contributed by atoms with Crippen LogP contribution in [0.1, 0.15) is 150 Å². The number of anilines is 3. The smallest absolute Gasteiger partial charge is 0.475 e. The van der Waals surface area contributed by atoms with E-state index in [-0.39, 0.29) is 176 Å². The fourth-order valence-electron chi connectivity index (χ4n) is 14.9. The summed E-state index contributed by atoms with van der Waals surface area (Å²) in [5.41, 5.74) is 24.8. The van der Waals surface area contributed by atoms with Gasteiger partial charge in [0, 0.05) is 81.6 Å². The molecule has 3 unspecified atom stereocenters. The largest absolute Gasteiger partial charge is 0.481 e. The number of phosphoric ester groups is 3. The molecule has 48 heteroatoms. The summed E-state index contributed by atoms with van der Waals surface area (Å²) < 4.78 is 171. The first-order valence-electron chi connectivity index (χ1n) is 41.9. The molecule has 38 nitrogen and oxygen atoms in total. The molecule has 3 saturated heterocycles. The van der Waals surface area contributed by atoms with Crippen LogP contribution in [0.25, 0.3) is 33.5 Å². The predicted octanol–water partition coefficient (Wildman–Crippen LogP) is 14.4. The summed E-state index contributed by atoms with van der Waals surface area (Å²) in [4.78, 5) is 105. The molecule has 9 heterocycles. The Morgan fingerprint density at radius 2 is 0.847 bits per heavy atom. The summed E-state index contributed by atoms with van der Waals surface area (Å²) in [6.45, 7) is 26.5. The third-order valence-corrected chi connectivity index (χ3v) is 28.0. The van der Waals surface area contributed by atoms with Crippen molar-refractivity contribution in [1.29, 1.82) is 0 Å². The number of nitrogens with two attached hydrogens (primary N) is 4. The van der Waals surface area contributed by atoms with Crippen LogP contribution in [0.15, 0.2) is 124 Å². The van der Waals surface area contributed by atoms with Gasteiger partial charge in [-0.3, -0.25) is 88.8 Å². The van der Waals surface area contributed by atoms with E-state index in [4.69, 9.17) is 116 Å². The maximum Gasteiger partial charge on any atom is 0.475 e. The number of hydrogen-bond acceptors (Lipinski definition) is 31. The van der Waals surface area contributed by atoms with Gasteiger partial charge in [0.1, 0.15) is 38.4 Å². The van der Waals surface area contributed by atoms with Gasteiger partial charge in [0.25, 0.3) is 16.7 Å². The number of aromatic amines is 3. The van der Waals surface area contributed by atoms with E-state index in [0.29, 0.717) is 39.0 Å². The highest BCUT2D eigenvalue weighted by Crippen LogP contribution is 2.62. The van der Waals surface area contributed by atoms with Crippen LogP contribution >= 0.6 is 58.3 Å². The zero-order valence-corrected chi connectivity index (χ0v) is 77.3. The van der Waals surface area contributed by atoms with Gasteiger partial charge in [0.2, 0.25) is 17.8 Å². The number of imidazole rings is 3. The molecule has 710 valence electrons. The second-order valence-electron chi connectivity index (χ2n) is 32.2. The molecule has 0 spiro atoms. The molecule has 13 N–H and O–H groups in total. The van der Waals surface area contributed by atoms with Gasteiger partial charge in [-0.15, -0.1) is 12.8 Å². The van der Waals surface area contributed by atoms with E-state index < -0.39 is 154 Å². The number of rotatable bonds is 23. The molecule has 3 aromatic carbocycles. The average Bonchev–Trinajstić information content (AvgIpc) is 1.62. The van der Waals surface area contributed by atoms with E-state index in [1.54, 1.807) is 54.2 Å². The van der Waals surface area contributed by atoms with Crippen LogP contribution in [0, 0.1) is 77.6 Å². The molecular weight excluding hydrogens is 1850 g/mol. The number of carbonyl (C=O) groups is 3. The molecule has 6 aromatic heterocycles. The third-order valence-electron chi connectivity index (χ3n) is 22.9. The van der Waals surface area contributed by atoms with Crippen LogP contribution < -0.4 is 39.6 Å². The minimum atomic E-state index is -4.19. The molecule has 3 aliphatic carbocycles. The van der Waals surface area contributed by atoms with Gasteiger partial charge in [-0.05, 0) is 95.5 Å². The van der Waals surface area contributed by atoms with Crippen molar-refractivity contribution in [2.45, 2.75) is 155 Å². The number of nitrogen functional groups attached to an aromatic ring is 3. The van der Waals surface area contributed by atoms with Crippen LogP contribution in [-0.2, 0) is 78.3 Å². The highest BCUT2D eigenvalue weighted by atomic mass is 35.5. The lowest BCUT2D eigenvalue weighted by Gasteiger charge is -2.30. The number of esters is 2. The third kappa shape index (κ3) is 24.4. The number of nitrogens with zero attached hydrogens (tertiary/aromatic N) is 9. The Hall–Kier alpha value is -9.86. The number of aliphatic hydroxyl groups excluding tert-OH is 1. The van der Waals surface area contributed by atoms with E-state index in [1.807, 2.05) is 27.7 Å². The summed E-state index contributed by atoms with van der Waals surface area (Å²) in [7, 11) is -11.9. The number of carboxylic acids is 1. The van der Waals surface area contributed by atoms with Gasteiger partial charge in [-0.2, -0.15) is 15.0 Å². The molecule has 0 bridgehead atoms. The van der Waals surface area contributed by atoms with Gasteiger partial charge in [-0.1, -0.05) is 110 Å². The number of carboxylic acid groups (broad SMARTS) is 1. The van der Waals surface area contributed by atoms with E-state index in [1.165, 1.54) is 73.6 Å². The van der Waals surface area contributed by atoms with Crippen LogP contribution in [-0.4, -0.2) is 158 Å². The van der Waals surface area contributed by atoms with E-state index in [9.17, 15) is 65.1 Å². The highest BCUT2D eigenvalue weighted by Gasteiger charge is 2.49. The monoisotopic (exact) mass is 1950 g/mol. The molecule has 3 saturated carbocycles. The zero-order chi connectivity index (χ0) is 97.7. The number of alkyl halides is 1. The number of H-pyrrole nitrogens is 3. The van der Waals surface area contributed by atoms with Crippen molar-refractivity contribution in [3.8, 4) is 12.8 Å². The number of nitrogens with one attached hydrogen (secondary N) is 3. The lowest BCUT2D eigenvalue weighted by atomic mass is 9.98. The number of carbonyl (C=O) groups excluding carboxylic acids is 2. The van der Waals surface area contributed by atoms with Gasteiger partial charge in [0.15, 0.2) is 33.5 Å². The lowest BCUT2D eigenvalue weighted by molar-refractivity contribution is -0.157. The van der Waals surface area contributed by atoms with Crippen molar-refractivity contribution in [3.63, 3.8) is 0 Å². The number of fused-ring (bicyclic) bond motifs is 3. The minimum Gasteiger partial charge on any atom is -0.481 e. The number of halogens is 7. The van der Waals surface area contributed by atoms with E-state index in [2.05, 4.69) is 64.6 Å². The number of hydrogen-bond donors (Lipinski definition) is 9. The summed E-state index contributed by atoms with van der Waals surface area (Å²) in [5.74, 6) is -6.14. The topological polar surface area (TPSA) is 539 Å². The summed E-state index contributed by atoms with van der Waals surface area (Å²) in [5, 5.41) is 20.0. The first kappa shape index (κ1) is 100. The van der Waals surface area contributed by atoms with Gasteiger partial charge in [0.05, 0.1) is 120 Å². The van der Waals surface area contributed by atoms with Crippen molar-refractivity contribution < 1.29 is 109 Å². The summed E-state index contributed by atoms with van der Waals surface area (Å²) >= 11 is 18.0. The van der Waals surface area contributed by atoms with Gasteiger partial charge in [-0.25, -0.2) is 41.8 Å². The first-order chi connectivity index (χ1) is 62.8. The maximum absolute atomic E-state index is 14.5. The van der Waals surface area contributed by atoms with Gasteiger partial charge < -0.3 is 56.3 Å². The van der Waals surface area contributed by atoms with Crippen LogP contribution in [0.5, 0.6) is 0 Å². The molecule has 18 atom stereocenters. The van der Waals surface area contributed by atoms with Crippen molar-refractivity contribution in [3.05, 3.63) is 190 Å². The molecule has 6 fully saturated rings. The Kier molecular flexibility index (Phi) is 33.9. The fourth-order valence-corrected chi connectivity index (χ4v) is 19.6. The number of ether oxygens (including phenoxy) is 2. The number of benzene rings is 3. The second-order valence-corrected chi connectivity index (χ2v) is 38.4. The van der Waals surface area contributed by atoms with E-state index >= 15 is 0 Å². The molecule has 131 heavy (non-hydrogen) atoms. The molecule has 0 radical (unpaired) electrons. The van der Waals surface area contributed by atoms with Crippen LogP contribution in [0.2, 0.25) is 15.1 Å². The Bertz CT molecular complexity index is 5940.